The number of hydrogen-bond acceptors (Lipinski definition) is 6. The topological polar surface area (TPSA) is 96.4 Å². The van der Waals surface area contributed by atoms with Crippen molar-refractivity contribution in [1.82, 2.24) is 9.80 Å². The first-order valence-corrected chi connectivity index (χ1v) is 13.3. The number of esters is 1. The van der Waals surface area contributed by atoms with E-state index in [-0.39, 0.29) is 30.9 Å². The quantitative estimate of drug-likeness (QED) is 0.469. The maximum atomic E-state index is 14.4. The largest absolute Gasteiger partial charge is 0.465 e. The van der Waals surface area contributed by atoms with E-state index >= 15 is 0 Å². The summed E-state index contributed by atoms with van der Waals surface area (Å²) < 4.78 is 12.5. The van der Waals surface area contributed by atoms with Crippen molar-refractivity contribution in [3.05, 3.63) is 60.2 Å². The molecule has 1 spiro atoms. The predicted octanol–water partition coefficient (Wildman–Crippen LogP) is 2.47. The standard InChI is InChI=1S/C29H36N2O6/c1-4-28-13-8-9-16-36-27(35)23(28)22-25(33)31(21(18-32)19(2)3)24-26(34)30(15-10-14-29(22,24)37-28)17-20-11-6-5-7-12-20/h5-8,10-14,19,21-24,32H,4,9,15-18H2,1-3H3/t21-,22-,23-,24?,28+,29-/m0/s1. The number of ether oxygens (including phenoxy) is 2. The van der Waals surface area contributed by atoms with Gasteiger partial charge in [0.05, 0.1) is 25.2 Å². The molecule has 198 valence electrons. The van der Waals surface area contributed by atoms with Crippen LogP contribution in [0.4, 0.5) is 0 Å². The summed E-state index contributed by atoms with van der Waals surface area (Å²) >= 11 is 0. The van der Waals surface area contributed by atoms with Crippen LogP contribution >= 0.6 is 0 Å². The molecule has 2 saturated heterocycles. The minimum Gasteiger partial charge on any atom is -0.465 e. The Morgan fingerprint density at radius 2 is 1.81 bits per heavy atom. The Morgan fingerprint density at radius 1 is 1.05 bits per heavy atom. The molecule has 0 radical (unpaired) electrons. The molecule has 5 rings (SSSR count). The minimum absolute atomic E-state index is 0.118. The van der Waals surface area contributed by atoms with E-state index in [0.29, 0.717) is 25.9 Å². The van der Waals surface area contributed by atoms with Crippen LogP contribution in [0.1, 0.15) is 39.2 Å². The summed E-state index contributed by atoms with van der Waals surface area (Å²) in [5.74, 6) is -3.01. The van der Waals surface area contributed by atoms with Crippen molar-refractivity contribution in [3.63, 3.8) is 0 Å². The number of cyclic esters (lactones) is 1. The molecule has 1 unspecified atom stereocenters. The van der Waals surface area contributed by atoms with E-state index in [1.807, 2.05) is 75.4 Å². The number of rotatable bonds is 6. The molecule has 8 heteroatoms. The summed E-state index contributed by atoms with van der Waals surface area (Å²) in [5, 5.41) is 10.4. The van der Waals surface area contributed by atoms with Crippen molar-refractivity contribution in [2.24, 2.45) is 17.8 Å². The van der Waals surface area contributed by atoms with E-state index < -0.39 is 41.1 Å². The van der Waals surface area contributed by atoms with Gasteiger partial charge in [-0.3, -0.25) is 14.4 Å². The molecule has 0 aromatic heterocycles. The monoisotopic (exact) mass is 508 g/mol. The first-order chi connectivity index (χ1) is 17.8. The number of likely N-dealkylation sites (tertiary alicyclic amines) is 1. The van der Waals surface area contributed by atoms with Gasteiger partial charge in [-0.2, -0.15) is 0 Å². The summed E-state index contributed by atoms with van der Waals surface area (Å²) in [6.07, 6.45) is 8.56. The second-order valence-corrected chi connectivity index (χ2v) is 10.8. The fourth-order valence-electron chi connectivity index (χ4n) is 6.64. The summed E-state index contributed by atoms with van der Waals surface area (Å²) in [5.41, 5.74) is -1.44. The van der Waals surface area contributed by atoms with Gasteiger partial charge in [-0.1, -0.05) is 75.4 Å². The molecule has 4 aliphatic rings. The minimum atomic E-state index is -1.35. The predicted molar refractivity (Wildman–Crippen MR) is 136 cm³/mol. The van der Waals surface area contributed by atoms with Gasteiger partial charge < -0.3 is 24.4 Å². The number of nitrogens with zero attached hydrogens (tertiary/aromatic N) is 2. The number of benzene rings is 1. The van der Waals surface area contributed by atoms with Crippen LogP contribution in [0.2, 0.25) is 0 Å². The number of carbonyl (C=O) groups is 3. The fourth-order valence-corrected chi connectivity index (χ4v) is 6.64. The van der Waals surface area contributed by atoms with Crippen molar-refractivity contribution in [2.45, 2.75) is 63.4 Å². The molecule has 0 saturated carbocycles. The Hall–Kier alpha value is -2.97. The number of aliphatic hydroxyl groups is 1. The van der Waals surface area contributed by atoms with Gasteiger partial charge in [0.1, 0.15) is 23.2 Å². The fraction of sp³-hybridized carbons (Fsp3) is 0.552. The SMILES string of the molecule is CC[C@@]12C=CCCOC(=O)[C@@H]1[C@H]1C(=O)N([C@@H](CO)C(C)C)C3C(=O)N(Cc4ccccc4)CC=C[C@@]31O2. The van der Waals surface area contributed by atoms with Crippen LogP contribution < -0.4 is 0 Å². The average molecular weight is 509 g/mol. The van der Waals surface area contributed by atoms with Crippen LogP contribution in [0.3, 0.4) is 0 Å². The Morgan fingerprint density at radius 3 is 2.49 bits per heavy atom. The normalized spacial score (nSPS) is 34.0. The summed E-state index contributed by atoms with van der Waals surface area (Å²) in [6.45, 7) is 6.41. The van der Waals surface area contributed by atoms with Crippen molar-refractivity contribution in [2.75, 3.05) is 19.8 Å². The van der Waals surface area contributed by atoms with Gasteiger partial charge in [-0.05, 0) is 24.3 Å². The zero-order valence-corrected chi connectivity index (χ0v) is 21.7. The van der Waals surface area contributed by atoms with E-state index in [1.54, 1.807) is 4.90 Å². The van der Waals surface area contributed by atoms with Gasteiger partial charge in [-0.25, -0.2) is 0 Å². The number of aliphatic hydroxyl groups excluding tert-OH is 1. The second-order valence-electron chi connectivity index (χ2n) is 10.8. The van der Waals surface area contributed by atoms with Crippen molar-refractivity contribution < 1.29 is 29.0 Å². The highest BCUT2D eigenvalue weighted by molar-refractivity contribution is 5.99. The third-order valence-electron chi connectivity index (χ3n) is 8.45. The van der Waals surface area contributed by atoms with E-state index in [4.69, 9.17) is 9.47 Å². The maximum Gasteiger partial charge on any atom is 0.313 e. The molecular formula is C29H36N2O6. The van der Waals surface area contributed by atoms with Gasteiger partial charge >= 0.3 is 5.97 Å². The van der Waals surface area contributed by atoms with Crippen LogP contribution in [0.25, 0.3) is 0 Å². The van der Waals surface area contributed by atoms with E-state index in [2.05, 4.69) is 0 Å². The molecule has 2 fully saturated rings. The number of fused-ring (bicyclic) bond motifs is 2. The molecule has 1 aromatic carbocycles. The molecule has 4 aliphatic heterocycles. The van der Waals surface area contributed by atoms with Crippen molar-refractivity contribution in [3.8, 4) is 0 Å². The highest BCUT2D eigenvalue weighted by atomic mass is 16.6. The van der Waals surface area contributed by atoms with Crippen LogP contribution in [0.5, 0.6) is 0 Å². The smallest absolute Gasteiger partial charge is 0.313 e. The van der Waals surface area contributed by atoms with Crippen LogP contribution in [0, 0.1) is 17.8 Å². The van der Waals surface area contributed by atoms with Crippen LogP contribution in [-0.2, 0) is 30.4 Å². The highest BCUT2D eigenvalue weighted by Crippen LogP contribution is 2.58. The Balaban J connectivity index is 1.66. The van der Waals surface area contributed by atoms with Crippen LogP contribution in [0.15, 0.2) is 54.6 Å². The average Bonchev–Trinajstić information content (AvgIpc) is 3.23. The molecule has 4 heterocycles. The summed E-state index contributed by atoms with van der Waals surface area (Å²) in [6, 6.07) is 8.09. The highest BCUT2D eigenvalue weighted by Gasteiger charge is 2.76. The third-order valence-corrected chi connectivity index (χ3v) is 8.45. The number of carbonyl (C=O) groups excluding carboxylic acids is 3. The Kier molecular flexibility index (Phi) is 6.75. The summed E-state index contributed by atoms with van der Waals surface area (Å²) in [4.78, 5) is 45.4. The molecular weight excluding hydrogens is 472 g/mol. The van der Waals surface area contributed by atoms with Gasteiger partial charge in [0.25, 0.3) is 0 Å². The molecule has 2 amide bonds. The van der Waals surface area contributed by atoms with Gasteiger partial charge in [-0.15, -0.1) is 0 Å². The maximum absolute atomic E-state index is 14.4. The van der Waals surface area contributed by atoms with Gasteiger partial charge in [0, 0.05) is 13.1 Å². The molecule has 0 bridgehead atoms. The van der Waals surface area contributed by atoms with E-state index in [1.165, 1.54) is 4.90 Å². The third kappa shape index (κ3) is 3.92. The Bertz CT molecular complexity index is 1120. The lowest BCUT2D eigenvalue weighted by Gasteiger charge is -2.42. The number of hydrogen-bond donors (Lipinski definition) is 1. The first kappa shape index (κ1) is 25.7. The molecule has 8 nitrogen and oxygen atoms in total. The van der Waals surface area contributed by atoms with E-state index in [9.17, 15) is 19.5 Å². The van der Waals surface area contributed by atoms with Crippen molar-refractivity contribution in [1.29, 1.82) is 0 Å². The summed E-state index contributed by atoms with van der Waals surface area (Å²) in [7, 11) is 0. The molecule has 6 atom stereocenters. The second kappa shape index (κ2) is 9.72. The molecule has 37 heavy (non-hydrogen) atoms. The lowest BCUT2D eigenvalue weighted by Crippen LogP contribution is -2.59. The lowest BCUT2D eigenvalue weighted by atomic mass is 9.73. The Labute approximate surface area is 217 Å². The van der Waals surface area contributed by atoms with Crippen LogP contribution in [-0.4, -0.2) is 75.7 Å². The van der Waals surface area contributed by atoms with Gasteiger partial charge in [0.15, 0.2) is 0 Å². The zero-order chi connectivity index (χ0) is 26.4. The number of amides is 2. The van der Waals surface area contributed by atoms with Crippen molar-refractivity contribution >= 4 is 17.8 Å². The first-order valence-electron chi connectivity index (χ1n) is 13.3. The lowest BCUT2D eigenvalue weighted by molar-refractivity contribution is -0.164. The molecule has 1 N–H and O–H groups in total. The zero-order valence-electron chi connectivity index (χ0n) is 21.7. The molecule has 1 aromatic rings. The van der Waals surface area contributed by atoms with Gasteiger partial charge in [0.2, 0.25) is 11.8 Å². The van der Waals surface area contributed by atoms with E-state index in [0.717, 1.165) is 5.56 Å². The molecule has 0 aliphatic carbocycles.